The number of aliphatic imine (C=N–C) groups is 1. The van der Waals surface area contributed by atoms with Gasteiger partial charge >= 0.3 is 5.97 Å². The smallest absolute Gasteiger partial charge is 0.329 e. The molecule has 1 aromatic rings. The van der Waals surface area contributed by atoms with Crippen molar-refractivity contribution in [3.05, 3.63) is 28.2 Å². The Morgan fingerprint density at radius 1 is 1.03 bits per heavy atom. The monoisotopic (exact) mass is 1070 g/mol. The first-order chi connectivity index (χ1) is 32.9. The molecule has 1 aromatic carbocycles. The Kier molecular flexibility index (Phi) is 23.5. The number of benzene rings is 1. The second-order valence-electron chi connectivity index (χ2n) is 18.1. The molecule has 0 saturated carbocycles. The third-order valence-corrected chi connectivity index (χ3v) is 13.8. The van der Waals surface area contributed by atoms with Crippen LogP contribution in [0.4, 0.5) is 0 Å². The van der Waals surface area contributed by atoms with Crippen LogP contribution in [0.25, 0.3) is 0 Å². The number of esters is 1. The van der Waals surface area contributed by atoms with Crippen molar-refractivity contribution in [3.63, 3.8) is 0 Å². The number of fused-ring (bicyclic) bond motifs is 2. The van der Waals surface area contributed by atoms with E-state index < -0.39 is 125 Å². The Hall–Kier alpha value is -5.36. The Balaban J connectivity index is 2.28. The number of aliphatic hydroxyl groups excluding tert-OH is 1. The summed E-state index contributed by atoms with van der Waals surface area (Å²) in [5.41, 5.74) is 11.6. The lowest BCUT2D eigenvalue weighted by molar-refractivity contribution is -0.168. The van der Waals surface area contributed by atoms with Gasteiger partial charge in [0.05, 0.1) is 11.6 Å². The number of piperidine rings is 1. The summed E-state index contributed by atoms with van der Waals surface area (Å²) in [6.45, 7) is 9.90. The summed E-state index contributed by atoms with van der Waals surface area (Å²) in [6.07, 6.45) is -0.976. The molecule has 3 rings (SSSR count). The maximum absolute atomic E-state index is 15.0. The highest BCUT2D eigenvalue weighted by Crippen LogP contribution is 2.29. The Morgan fingerprint density at radius 3 is 2.30 bits per heavy atom. The Labute approximate surface area is 420 Å². The van der Waals surface area contributed by atoms with Crippen LogP contribution in [0.5, 0.6) is 5.75 Å². The predicted octanol–water partition coefficient (Wildman–Crippen LogP) is -0.170. The van der Waals surface area contributed by atoms with Crippen LogP contribution in [0, 0.1) is 11.8 Å². The van der Waals surface area contributed by atoms with Crippen molar-refractivity contribution in [1.82, 2.24) is 36.4 Å². The van der Waals surface area contributed by atoms with Crippen molar-refractivity contribution in [3.8, 4) is 5.75 Å². The number of cyclic esters (lactones) is 1. The van der Waals surface area contributed by atoms with Gasteiger partial charge in [0.25, 0.3) is 0 Å². The number of rotatable bonds is 18. The number of nitrogens with two attached hydrogens (primary N) is 2. The second-order valence-corrected chi connectivity index (χ2v) is 20.5. The molecule has 0 spiro atoms. The molecule has 2 aliphatic rings. The summed E-state index contributed by atoms with van der Waals surface area (Å²) in [4.78, 5) is 121. The fraction of sp³-hybridized carbons (Fsp3) is 0.674. The standard InChI is InChI=1S/C46H73BrN10O12S/c1-10-13-34(58)51-30(19-21-70(9)67)40(61)55-37-26(6)69-45(66)36(24(3)4)54-41(62)32(23-27-15-17-33(68-8)28(47)22-27)56(7)44(65)38(25(5)11-2)57-35(59)18-16-31(43(57)64)53-39(60)29(52-42(37)63)14-12-20-50-46(48)49/h15,17,22,24-26,29-32,35-38,59H,10-14,16,18-21,23H2,1-9H3,(H,51,58)(H,52,63)(H,53,60)(H,54,62)(H,55,61)(H4,48,49,50)/t25-,26+,29-,30-,31-,32-,35+,36-,37?,38-,70+/m0/s1. The molecule has 392 valence electrons. The molecule has 2 bridgehead atoms. The molecular weight excluding hydrogens is 997 g/mol. The van der Waals surface area contributed by atoms with Crippen LogP contribution in [-0.4, -0.2) is 160 Å². The molecule has 11 atom stereocenters. The number of guanidine groups is 1. The maximum Gasteiger partial charge on any atom is 0.329 e. The lowest BCUT2D eigenvalue weighted by atomic mass is 9.91. The van der Waals surface area contributed by atoms with Crippen molar-refractivity contribution in [2.24, 2.45) is 28.3 Å². The summed E-state index contributed by atoms with van der Waals surface area (Å²) in [7, 11) is 1.49. The second kappa shape index (κ2) is 27.9. The number of methoxy groups -OCH3 is 1. The molecule has 2 heterocycles. The molecule has 2 saturated heterocycles. The van der Waals surface area contributed by atoms with Crippen LogP contribution >= 0.6 is 15.9 Å². The van der Waals surface area contributed by atoms with Crippen LogP contribution < -0.4 is 42.8 Å². The quantitative estimate of drug-likeness (QED) is 0.0410. The average molecular weight is 1070 g/mol. The van der Waals surface area contributed by atoms with Crippen molar-refractivity contribution >= 4 is 80.0 Å². The molecule has 1 unspecified atom stereocenters. The minimum absolute atomic E-state index is 0.00364. The summed E-state index contributed by atoms with van der Waals surface area (Å²) < 4.78 is 24.0. The van der Waals surface area contributed by atoms with Crippen molar-refractivity contribution in [2.75, 3.05) is 32.7 Å². The van der Waals surface area contributed by atoms with E-state index in [9.17, 15) is 47.7 Å². The Morgan fingerprint density at radius 2 is 1.71 bits per heavy atom. The van der Waals surface area contributed by atoms with E-state index in [0.29, 0.717) is 28.6 Å². The lowest BCUT2D eigenvalue weighted by Gasteiger charge is -2.44. The van der Waals surface area contributed by atoms with E-state index in [-0.39, 0.29) is 63.2 Å². The summed E-state index contributed by atoms with van der Waals surface area (Å²) >= 11 is 3.48. The SMILES string of the molecule is CCCC(=O)N[C@@H](CC[S@@](C)=O)C(=O)NC1C(=O)N[C@@H](CCCN=C(N)N)C(=O)N[C@H]2CC[C@@H](O)N(C2=O)[C@@H]([C@@H](C)CC)C(=O)N(C)[C@@H](Cc2ccc(OC)c(Br)c2)C(=O)N[C@@H](C(C)C)C(=O)O[C@@H]1C. The largest absolute Gasteiger partial charge is 0.496 e. The highest BCUT2D eigenvalue weighted by molar-refractivity contribution is 9.10. The number of ether oxygens (including phenoxy) is 2. The molecule has 2 aliphatic heterocycles. The van der Waals surface area contributed by atoms with E-state index in [4.69, 9.17) is 20.9 Å². The molecule has 0 radical (unpaired) electrons. The normalized spacial score (nSPS) is 25.4. The first-order valence-electron chi connectivity index (χ1n) is 23.6. The molecule has 24 heteroatoms. The topological polar surface area (TPSA) is 323 Å². The minimum atomic E-state index is -1.75. The van der Waals surface area contributed by atoms with Gasteiger partial charge in [0.15, 0.2) is 5.96 Å². The fourth-order valence-electron chi connectivity index (χ4n) is 8.12. The summed E-state index contributed by atoms with van der Waals surface area (Å²) in [5.74, 6) is -7.49. The predicted molar refractivity (Wildman–Crippen MR) is 265 cm³/mol. The zero-order valence-corrected chi connectivity index (χ0v) is 44.0. The van der Waals surface area contributed by atoms with Gasteiger partial charge in [-0.25, -0.2) is 4.79 Å². The number of hydrogen-bond acceptors (Lipinski definition) is 13. The molecule has 0 aliphatic carbocycles. The number of amides is 7. The molecular formula is C46H73BrN10O12S. The van der Waals surface area contributed by atoms with Crippen molar-refractivity contribution < 1.29 is 57.1 Å². The van der Waals surface area contributed by atoms with Gasteiger partial charge in [-0.15, -0.1) is 0 Å². The minimum Gasteiger partial charge on any atom is -0.496 e. The average Bonchev–Trinajstić information content (AvgIpc) is 3.29. The van der Waals surface area contributed by atoms with E-state index in [0.717, 1.165) is 4.90 Å². The first-order valence-corrected chi connectivity index (χ1v) is 26.1. The van der Waals surface area contributed by atoms with Crippen LogP contribution in [-0.2, 0) is 60.3 Å². The van der Waals surface area contributed by atoms with E-state index >= 15 is 0 Å². The number of carbonyl (C=O) groups is 8. The number of nitrogens with zero attached hydrogens (tertiary/aromatic N) is 3. The van der Waals surface area contributed by atoms with Gasteiger partial charge in [-0.1, -0.05) is 47.1 Å². The number of nitrogens with one attached hydrogen (secondary N) is 5. The van der Waals surface area contributed by atoms with E-state index in [2.05, 4.69) is 47.5 Å². The van der Waals surface area contributed by atoms with Gasteiger partial charge in [-0.3, -0.25) is 42.8 Å². The Bertz CT molecular complexity index is 2090. The zero-order chi connectivity index (χ0) is 52.6. The maximum atomic E-state index is 15.0. The summed E-state index contributed by atoms with van der Waals surface area (Å²) in [5, 5.41) is 24.8. The highest BCUT2D eigenvalue weighted by Gasteiger charge is 2.47. The van der Waals surface area contributed by atoms with Crippen molar-refractivity contribution in [1.29, 1.82) is 0 Å². The van der Waals surface area contributed by atoms with Crippen LogP contribution in [0.15, 0.2) is 27.7 Å². The summed E-state index contributed by atoms with van der Waals surface area (Å²) in [6, 6.07) is -4.76. The van der Waals surface area contributed by atoms with Gasteiger partial charge in [0.2, 0.25) is 41.4 Å². The van der Waals surface area contributed by atoms with E-state index in [1.165, 1.54) is 32.2 Å². The zero-order valence-electron chi connectivity index (χ0n) is 41.6. The van der Waals surface area contributed by atoms with Crippen LogP contribution in [0.3, 0.4) is 0 Å². The van der Waals surface area contributed by atoms with Crippen LogP contribution in [0.1, 0.15) is 98.5 Å². The molecule has 22 nitrogen and oxygen atoms in total. The van der Waals surface area contributed by atoms with E-state index in [1.807, 2.05) is 0 Å². The van der Waals surface area contributed by atoms with Gasteiger partial charge in [0.1, 0.15) is 60.4 Å². The van der Waals surface area contributed by atoms with E-state index in [1.54, 1.807) is 52.8 Å². The number of hydrogen-bond donors (Lipinski definition) is 8. The van der Waals surface area contributed by atoms with Gasteiger partial charge in [-0.2, -0.15) is 0 Å². The molecule has 10 N–H and O–H groups in total. The lowest BCUT2D eigenvalue weighted by Crippen LogP contribution is -2.66. The first kappa shape index (κ1) is 59.0. The third kappa shape index (κ3) is 16.6. The van der Waals surface area contributed by atoms with Gasteiger partial charge in [0, 0.05) is 49.2 Å². The number of aliphatic hydroxyl groups is 1. The highest BCUT2D eigenvalue weighted by atomic mass is 79.9. The molecule has 70 heavy (non-hydrogen) atoms. The number of likely N-dealkylation sites (N-methyl/N-ethyl adjacent to an activating group) is 1. The van der Waals surface area contributed by atoms with Gasteiger partial charge in [-0.05, 0) is 90.9 Å². The van der Waals surface area contributed by atoms with Gasteiger partial charge < -0.3 is 62.4 Å². The van der Waals surface area contributed by atoms with Crippen molar-refractivity contribution in [2.45, 2.75) is 154 Å². The molecule has 2 fully saturated rings. The number of carbonyl (C=O) groups excluding carboxylic acids is 8. The third-order valence-electron chi connectivity index (χ3n) is 12.4. The molecule has 7 amide bonds. The van der Waals surface area contributed by atoms with Crippen LogP contribution in [0.2, 0.25) is 0 Å². The number of halogens is 1. The molecule has 0 aromatic heterocycles. The fourth-order valence-corrected chi connectivity index (χ4v) is 9.28.